The van der Waals surface area contributed by atoms with Crippen molar-refractivity contribution in [3.05, 3.63) is 94.5 Å². The zero-order valence-corrected chi connectivity index (χ0v) is 17.9. The van der Waals surface area contributed by atoms with Crippen LogP contribution in [-0.4, -0.2) is 18.5 Å². The zero-order chi connectivity index (χ0) is 21.3. The van der Waals surface area contributed by atoms with Crippen LogP contribution in [0.25, 0.3) is 6.08 Å². The van der Waals surface area contributed by atoms with Crippen molar-refractivity contribution >= 4 is 39.6 Å². The Morgan fingerprint density at radius 3 is 2.43 bits per heavy atom. The fourth-order valence-corrected chi connectivity index (χ4v) is 3.02. The lowest BCUT2D eigenvalue weighted by Crippen LogP contribution is -2.11. The first-order valence-electron chi connectivity index (χ1n) is 9.34. The van der Waals surface area contributed by atoms with Gasteiger partial charge in [0.15, 0.2) is 0 Å². The molecule has 0 saturated carbocycles. The lowest BCUT2D eigenvalue weighted by atomic mass is 10.2. The van der Waals surface area contributed by atoms with Gasteiger partial charge in [0.05, 0.1) is 6.61 Å². The van der Waals surface area contributed by atoms with E-state index in [2.05, 4.69) is 21.2 Å². The van der Waals surface area contributed by atoms with Gasteiger partial charge in [0, 0.05) is 27.4 Å². The predicted octanol–water partition coefficient (Wildman–Crippen LogP) is 5.72. The number of anilines is 1. The van der Waals surface area contributed by atoms with Gasteiger partial charge in [0.2, 0.25) is 0 Å². The molecule has 3 aromatic carbocycles. The second-order valence-electron chi connectivity index (χ2n) is 6.21. The summed E-state index contributed by atoms with van der Waals surface area (Å²) in [5.74, 6) is 0.259. The number of ether oxygens (including phenoxy) is 2. The largest absolute Gasteiger partial charge is 0.493 e. The number of esters is 1. The molecule has 0 heterocycles. The van der Waals surface area contributed by atoms with E-state index < -0.39 is 5.97 Å². The number of nitrogens with one attached hydrogen (secondary N) is 1. The van der Waals surface area contributed by atoms with E-state index in [9.17, 15) is 9.59 Å². The van der Waals surface area contributed by atoms with Gasteiger partial charge in [-0.3, -0.25) is 4.79 Å². The summed E-state index contributed by atoms with van der Waals surface area (Å²) >= 11 is 3.41. The Kier molecular flexibility index (Phi) is 7.40. The molecule has 0 fully saturated rings. The Labute approximate surface area is 183 Å². The van der Waals surface area contributed by atoms with Crippen molar-refractivity contribution in [2.24, 2.45) is 0 Å². The number of carbonyl (C=O) groups excluding carboxylic acids is 2. The predicted molar refractivity (Wildman–Crippen MR) is 121 cm³/mol. The van der Waals surface area contributed by atoms with Crippen LogP contribution in [0.3, 0.4) is 0 Å². The van der Waals surface area contributed by atoms with Gasteiger partial charge in [0.1, 0.15) is 11.5 Å². The van der Waals surface area contributed by atoms with Gasteiger partial charge in [-0.15, -0.1) is 0 Å². The monoisotopic (exact) mass is 465 g/mol. The number of carbonyl (C=O) groups is 2. The normalized spacial score (nSPS) is 10.6. The SMILES string of the molecule is CCOc1ccc(Br)cc1/C=C/C(=O)Oc1ccc(C(=O)Nc2ccccc2)cc1. The average Bonchev–Trinajstić information content (AvgIpc) is 2.75. The average molecular weight is 466 g/mol. The number of benzene rings is 3. The van der Waals surface area contributed by atoms with Crippen LogP contribution in [0.4, 0.5) is 5.69 Å². The molecule has 0 aromatic heterocycles. The molecule has 152 valence electrons. The Bertz CT molecular complexity index is 1050. The number of hydrogen-bond donors (Lipinski definition) is 1. The molecule has 0 aliphatic carbocycles. The van der Waals surface area contributed by atoms with Crippen LogP contribution >= 0.6 is 15.9 Å². The summed E-state index contributed by atoms with van der Waals surface area (Å²) in [5.41, 5.74) is 1.93. The highest BCUT2D eigenvalue weighted by atomic mass is 79.9. The summed E-state index contributed by atoms with van der Waals surface area (Å²) in [4.78, 5) is 24.4. The van der Waals surface area contributed by atoms with E-state index in [1.54, 1.807) is 30.3 Å². The first kappa shape index (κ1) is 21.3. The van der Waals surface area contributed by atoms with Gasteiger partial charge in [-0.2, -0.15) is 0 Å². The minimum atomic E-state index is -0.529. The molecule has 0 unspecified atom stereocenters. The third kappa shape index (κ3) is 6.06. The van der Waals surface area contributed by atoms with Gasteiger partial charge in [-0.1, -0.05) is 34.1 Å². The summed E-state index contributed by atoms with van der Waals surface area (Å²) < 4.78 is 11.7. The van der Waals surface area contributed by atoms with Gasteiger partial charge in [-0.25, -0.2) is 4.79 Å². The molecule has 1 N–H and O–H groups in total. The summed E-state index contributed by atoms with van der Waals surface area (Å²) in [7, 11) is 0. The second-order valence-corrected chi connectivity index (χ2v) is 7.13. The molecule has 0 saturated heterocycles. The molecule has 3 aromatic rings. The number of amides is 1. The molecule has 0 bridgehead atoms. The van der Waals surface area contributed by atoms with Crippen molar-refractivity contribution in [1.82, 2.24) is 0 Å². The molecule has 3 rings (SSSR count). The smallest absolute Gasteiger partial charge is 0.336 e. The van der Waals surface area contributed by atoms with E-state index >= 15 is 0 Å². The van der Waals surface area contributed by atoms with Crippen molar-refractivity contribution in [2.75, 3.05) is 11.9 Å². The molecule has 6 heteroatoms. The molecule has 5 nitrogen and oxygen atoms in total. The maximum absolute atomic E-state index is 12.3. The van der Waals surface area contributed by atoms with Crippen LogP contribution in [-0.2, 0) is 4.79 Å². The van der Waals surface area contributed by atoms with Crippen LogP contribution in [0.2, 0.25) is 0 Å². The van der Waals surface area contributed by atoms with Crippen molar-refractivity contribution < 1.29 is 19.1 Å². The summed E-state index contributed by atoms with van der Waals surface area (Å²) in [5, 5.41) is 2.80. The van der Waals surface area contributed by atoms with Gasteiger partial charge >= 0.3 is 5.97 Å². The van der Waals surface area contributed by atoms with Crippen LogP contribution in [0.1, 0.15) is 22.8 Å². The third-order valence-corrected chi connectivity index (χ3v) is 4.53. The lowest BCUT2D eigenvalue weighted by molar-refractivity contribution is -0.128. The van der Waals surface area contributed by atoms with E-state index in [4.69, 9.17) is 9.47 Å². The van der Waals surface area contributed by atoms with Gasteiger partial charge in [-0.05, 0) is 67.6 Å². The highest BCUT2D eigenvalue weighted by Gasteiger charge is 2.08. The van der Waals surface area contributed by atoms with Crippen LogP contribution < -0.4 is 14.8 Å². The fourth-order valence-electron chi connectivity index (χ4n) is 2.64. The summed E-state index contributed by atoms with van der Waals surface area (Å²) in [6, 6.07) is 21.1. The van der Waals surface area contributed by atoms with Crippen molar-refractivity contribution in [1.29, 1.82) is 0 Å². The van der Waals surface area contributed by atoms with Crippen molar-refractivity contribution in [3.63, 3.8) is 0 Å². The highest BCUT2D eigenvalue weighted by molar-refractivity contribution is 9.10. The molecule has 30 heavy (non-hydrogen) atoms. The van der Waals surface area contributed by atoms with E-state index in [0.717, 1.165) is 10.0 Å². The van der Waals surface area contributed by atoms with Gasteiger partial charge < -0.3 is 14.8 Å². The lowest BCUT2D eigenvalue weighted by Gasteiger charge is -2.08. The molecule has 0 aliphatic rings. The molecular weight excluding hydrogens is 446 g/mol. The minimum Gasteiger partial charge on any atom is -0.493 e. The minimum absolute atomic E-state index is 0.239. The quantitative estimate of drug-likeness (QED) is 0.275. The third-order valence-electron chi connectivity index (χ3n) is 4.04. The standard InChI is InChI=1S/C24H20BrNO4/c1-2-29-22-14-11-19(25)16-18(22)10-15-23(27)30-21-12-8-17(9-13-21)24(28)26-20-6-4-3-5-7-20/h3-16H,2H2,1H3,(H,26,28)/b15-10+. The van der Waals surface area contributed by atoms with E-state index in [-0.39, 0.29) is 5.91 Å². The Balaban J connectivity index is 1.61. The summed E-state index contributed by atoms with van der Waals surface area (Å²) in [6.07, 6.45) is 2.97. The van der Waals surface area contributed by atoms with Gasteiger partial charge in [0.25, 0.3) is 5.91 Å². The van der Waals surface area contributed by atoms with E-state index in [1.165, 1.54) is 6.08 Å². The maximum Gasteiger partial charge on any atom is 0.336 e. The molecule has 0 radical (unpaired) electrons. The number of halogens is 1. The van der Waals surface area contributed by atoms with Crippen LogP contribution in [0.5, 0.6) is 11.5 Å². The zero-order valence-electron chi connectivity index (χ0n) is 16.3. The molecular formula is C24H20BrNO4. The van der Waals surface area contributed by atoms with Crippen LogP contribution in [0.15, 0.2) is 83.3 Å². The Morgan fingerprint density at radius 1 is 1.00 bits per heavy atom. The molecule has 0 spiro atoms. The van der Waals surface area contributed by atoms with Crippen LogP contribution in [0, 0.1) is 0 Å². The number of hydrogen-bond acceptors (Lipinski definition) is 4. The Morgan fingerprint density at radius 2 is 1.73 bits per heavy atom. The first-order chi connectivity index (χ1) is 14.5. The fraction of sp³-hybridized carbons (Fsp3) is 0.0833. The second kappa shape index (κ2) is 10.4. The number of para-hydroxylation sites is 1. The molecule has 1 amide bonds. The van der Waals surface area contributed by atoms with Crippen molar-refractivity contribution in [3.8, 4) is 11.5 Å². The highest BCUT2D eigenvalue weighted by Crippen LogP contribution is 2.24. The first-order valence-corrected chi connectivity index (χ1v) is 10.1. The number of rotatable bonds is 7. The molecule has 0 aliphatic heterocycles. The summed E-state index contributed by atoms with van der Waals surface area (Å²) in [6.45, 7) is 2.42. The Hall–Kier alpha value is -3.38. The van der Waals surface area contributed by atoms with E-state index in [1.807, 2.05) is 55.5 Å². The topological polar surface area (TPSA) is 64.6 Å². The maximum atomic E-state index is 12.3. The molecule has 0 atom stereocenters. The van der Waals surface area contributed by atoms with Crippen molar-refractivity contribution in [2.45, 2.75) is 6.92 Å². The van der Waals surface area contributed by atoms with E-state index in [0.29, 0.717) is 29.4 Å².